The summed E-state index contributed by atoms with van der Waals surface area (Å²) >= 11 is 0. The lowest BCUT2D eigenvalue weighted by Gasteiger charge is -2.15. The van der Waals surface area contributed by atoms with Crippen LogP contribution in [0.15, 0.2) is 47.2 Å². The van der Waals surface area contributed by atoms with Crippen LogP contribution in [0.4, 0.5) is 5.69 Å². The van der Waals surface area contributed by atoms with Crippen molar-refractivity contribution in [3.63, 3.8) is 0 Å². The van der Waals surface area contributed by atoms with Crippen molar-refractivity contribution in [2.24, 2.45) is 0 Å². The number of nitrogens with one attached hydrogen (secondary N) is 1. The molecule has 34 heavy (non-hydrogen) atoms. The second kappa shape index (κ2) is 9.26. The van der Waals surface area contributed by atoms with Crippen LogP contribution in [-0.4, -0.2) is 48.0 Å². The molecule has 0 aliphatic heterocycles. The second-order valence-corrected chi connectivity index (χ2v) is 7.65. The van der Waals surface area contributed by atoms with Crippen molar-refractivity contribution in [3.8, 4) is 23.0 Å². The maximum Gasteiger partial charge on any atom is 0.340 e. The molecule has 1 aromatic carbocycles. The third kappa shape index (κ3) is 4.05. The fourth-order valence-corrected chi connectivity index (χ4v) is 3.59. The smallest absolute Gasteiger partial charge is 0.340 e. The lowest BCUT2D eigenvalue weighted by atomic mass is 10.1. The van der Waals surface area contributed by atoms with E-state index in [2.05, 4.69) is 15.4 Å². The first-order valence-electron chi connectivity index (χ1n) is 10.5. The Balaban J connectivity index is 1.85. The van der Waals surface area contributed by atoms with Gasteiger partial charge in [0.05, 0.1) is 56.0 Å². The zero-order valence-electron chi connectivity index (χ0n) is 19.4. The van der Waals surface area contributed by atoms with E-state index in [0.29, 0.717) is 39.6 Å². The molecule has 0 aliphatic rings. The van der Waals surface area contributed by atoms with E-state index in [1.54, 1.807) is 29.1 Å². The number of amides is 1. The largest absolute Gasteiger partial charge is 0.493 e. The quantitative estimate of drug-likeness (QED) is 0.402. The number of aromatic nitrogens is 3. The fraction of sp³-hybridized carbons (Fsp3) is 0.250. The highest BCUT2D eigenvalue weighted by molar-refractivity contribution is 6.14. The minimum Gasteiger partial charge on any atom is -0.493 e. The van der Waals surface area contributed by atoms with Gasteiger partial charge in [0.25, 0.3) is 5.91 Å². The van der Waals surface area contributed by atoms with E-state index < -0.39 is 11.9 Å². The van der Waals surface area contributed by atoms with Crippen molar-refractivity contribution in [3.05, 3.63) is 53.9 Å². The number of anilines is 1. The van der Waals surface area contributed by atoms with Crippen molar-refractivity contribution in [2.45, 2.75) is 19.9 Å². The molecule has 10 heteroatoms. The van der Waals surface area contributed by atoms with Gasteiger partial charge >= 0.3 is 5.97 Å². The molecule has 0 spiro atoms. The molecule has 0 radical (unpaired) electrons. The van der Waals surface area contributed by atoms with E-state index >= 15 is 0 Å². The number of hydrogen-bond donors (Lipinski definition) is 1. The number of furan rings is 1. The summed E-state index contributed by atoms with van der Waals surface area (Å²) in [6.07, 6.45) is 3.13. The molecule has 4 aromatic rings. The van der Waals surface area contributed by atoms with E-state index in [9.17, 15) is 9.59 Å². The van der Waals surface area contributed by atoms with Gasteiger partial charge in [0.2, 0.25) is 0 Å². The SMILES string of the molecule is COC(=O)c1cc(OC)c(OC)cc1NC(=O)c1cc(-c2ccco2)nc2c1cnn2C(C)C. The predicted molar refractivity (Wildman–Crippen MR) is 124 cm³/mol. The summed E-state index contributed by atoms with van der Waals surface area (Å²) in [6, 6.07) is 8.11. The van der Waals surface area contributed by atoms with Gasteiger partial charge in [-0.1, -0.05) is 0 Å². The average Bonchev–Trinajstić information content (AvgIpc) is 3.52. The van der Waals surface area contributed by atoms with E-state index in [-0.39, 0.29) is 17.3 Å². The highest BCUT2D eigenvalue weighted by Gasteiger charge is 2.23. The molecule has 4 rings (SSSR count). The zero-order chi connectivity index (χ0) is 24.4. The standard InChI is InChI=1S/C24H24N4O6/c1-13(2)28-22-16(12-25-28)14(9-18(26-22)19-7-6-8-34-19)23(29)27-17-11-21(32-4)20(31-3)10-15(17)24(30)33-5/h6-13H,1-5H3,(H,27,29). The summed E-state index contributed by atoms with van der Waals surface area (Å²) in [7, 11) is 4.17. The second-order valence-electron chi connectivity index (χ2n) is 7.65. The number of benzene rings is 1. The molecule has 0 saturated carbocycles. The number of ether oxygens (including phenoxy) is 3. The monoisotopic (exact) mass is 464 g/mol. The third-order valence-corrected chi connectivity index (χ3v) is 5.25. The van der Waals surface area contributed by atoms with E-state index in [0.717, 1.165) is 0 Å². The van der Waals surface area contributed by atoms with Gasteiger partial charge < -0.3 is 23.9 Å². The molecule has 1 N–H and O–H groups in total. The van der Waals surface area contributed by atoms with Crippen LogP contribution < -0.4 is 14.8 Å². The molecule has 0 atom stereocenters. The molecular weight excluding hydrogens is 440 g/mol. The summed E-state index contributed by atoms with van der Waals surface area (Å²) in [6.45, 7) is 3.94. The van der Waals surface area contributed by atoms with Gasteiger partial charge in [-0.25, -0.2) is 14.5 Å². The predicted octanol–water partition coefficient (Wildman–Crippen LogP) is 4.33. The van der Waals surface area contributed by atoms with Crippen LogP contribution in [0.5, 0.6) is 11.5 Å². The Morgan fingerprint density at radius 3 is 2.41 bits per heavy atom. The lowest BCUT2D eigenvalue weighted by Crippen LogP contribution is -2.17. The van der Waals surface area contributed by atoms with Gasteiger partial charge in [0.1, 0.15) is 5.69 Å². The molecule has 0 aliphatic carbocycles. The number of fused-ring (bicyclic) bond motifs is 1. The maximum atomic E-state index is 13.5. The first-order valence-corrected chi connectivity index (χ1v) is 10.5. The van der Waals surface area contributed by atoms with Crippen LogP contribution in [0, 0.1) is 0 Å². The summed E-state index contributed by atoms with van der Waals surface area (Å²) < 4.78 is 22.7. The number of hydrogen-bond acceptors (Lipinski definition) is 8. The van der Waals surface area contributed by atoms with Gasteiger partial charge in [-0.15, -0.1) is 0 Å². The zero-order valence-corrected chi connectivity index (χ0v) is 19.4. The van der Waals surface area contributed by atoms with Gasteiger partial charge in [0.15, 0.2) is 22.9 Å². The Kier molecular flexibility index (Phi) is 6.22. The van der Waals surface area contributed by atoms with Crippen LogP contribution in [-0.2, 0) is 4.74 Å². The number of esters is 1. The number of carbonyl (C=O) groups is 2. The van der Waals surface area contributed by atoms with Gasteiger partial charge in [-0.3, -0.25) is 4.79 Å². The molecule has 0 saturated heterocycles. The fourth-order valence-electron chi connectivity index (χ4n) is 3.59. The molecule has 0 bridgehead atoms. The lowest BCUT2D eigenvalue weighted by molar-refractivity contribution is 0.0601. The van der Waals surface area contributed by atoms with Crippen LogP contribution in [0.3, 0.4) is 0 Å². The van der Waals surface area contributed by atoms with Crippen molar-refractivity contribution in [1.29, 1.82) is 0 Å². The Hall–Kier alpha value is -4.34. The topological polar surface area (TPSA) is 118 Å². The van der Waals surface area contributed by atoms with Crippen LogP contribution in [0.2, 0.25) is 0 Å². The van der Waals surface area contributed by atoms with Crippen LogP contribution in [0.1, 0.15) is 40.6 Å². The Bertz CT molecular complexity index is 1360. The molecule has 3 aromatic heterocycles. The minimum absolute atomic E-state index is 0.0181. The van der Waals surface area contributed by atoms with Gasteiger partial charge in [-0.05, 0) is 32.0 Å². The average molecular weight is 464 g/mol. The molecule has 0 unspecified atom stereocenters. The Labute approximate surface area is 195 Å². The summed E-state index contributed by atoms with van der Waals surface area (Å²) in [5, 5.41) is 7.77. The molecule has 10 nitrogen and oxygen atoms in total. The van der Waals surface area contributed by atoms with Crippen LogP contribution >= 0.6 is 0 Å². The van der Waals surface area contributed by atoms with E-state index in [1.165, 1.54) is 39.7 Å². The number of nitrogens with zero attached hydrogens (tertiary/aromatic N) is 3. The molecule has 176 valence electrons. The van der Waals surface area contributed by atoms with Gasteiger partial charge in [-0.2, -0.15) is 5.10 Å². The third-order valence-electron chi connectivity index (χ3n) is 5.25. The highest BCUT2D eigenvalue weighted by Crippen LogP contribution is 2.34. The maximum absolute atomic E-state index is 13.5. The summed E-state index contributed by atoms with van der Waals surface area (Å²) in [5.41, 5.74) is 1.65. The first kappa shape index (κ1) is 22.8. The number of rotatable bonds is 7. The Morgan fingerprint density at radius 1 is 1.06 bits per heavy atom. The van der Waals surface area contributed by atoms with Gasteiger partial charge in [0, 0.05) is 18.2 Å². The highest BCUT2D eigenvalue weighted by atomic mass is 16.5. The van der Waals surface area contributed by atoms with Crippen molar-refractivity contribution >= 4 is 28.6 Å². The van der Waals surface area contributed by atoms with Crippen LogP contribution in [0.25, 0.3) is 22.5 Å². The van der Waals surface area contributed by atoms with Crippen molar-refractivity contribution < 1.29 is 28.2 Å². The molecular formula is C24H24N4O6. The summed E-state index contributed by atoms with van der Waals surface area (Å²) in [4.78, 5) is 30.6. The normalized spacial score (nSPS) is 11.0. The number of methoxy groups -OCH3 is 3. The minimum atomic E-state index is -0.639. The molecule has 1 amide bonds. The van der Waals surface area contributed by atoms with E-state index in [4.69, 9.17) is 18.6 Å². The van der Waals surface area contributed by atoms with Crippen molar-refractivity contribution in [2.75, 3.05) is 26.6 Å². The molecule has 0 fully saturated rings. The van der Waals surface area contributed by atoms with E-state index in [1.807, 2.05) is 13.8 Å². The molecule has 3 heterocycles. The summed E-state index contributed by atoms with van der Waals surface area (Å²) in [5.74, 6) is 0.0643. The van der Waals surface area contributed by atoms with Crippen molar-refractivity contribution in [1.82, 2.24) is 14.8 Å². The number of carbonyl (C=O) groups excluding carboxylic acids is 2. The first-order chi connectivity index (χ1) is 16.4. The number of pyridine rings is 1. The Morgan fingerprint density at radius 2 is 1.79 bits per heavy atom.